The number of rotatable bonds is 4. The number of hydrogen-bond acceptors (Lipinski definition) is 3. The normalized spacial score (nSPS) is 11.8. The van der Waals surface area contributed by atoms with E-state index in [9.17, 15) is 18.0 Å². The van der Waals surface area contributed by atoms with Gasteiger partial charge < -0.3 is 15.0 Å². The molecule has 0 fully saturated rings. The smallest absolute Gasteiger partial charge is 0.395 e. The molecule has 0 aliphatic carbocycles. The lowest BCUT2D eigenvalue weighted by atomic mass is 10.1. The van der Waals surface area contributed by atoms with Crippen molar-refractivity contribution in [3.63, 3.8) is 0 Å². The highest BCUT2D eigenvalue weighted by atomic mass is 19.4. The summed E-state index contributed by atoms with van der Waals surface area (Å²) in [7, 11) is 0. The molecular formula is C13H13F3N2O2. The first-order valence-electron chi connectivity index (χ1n) is 5.95. The molecule has 20 heavy (non-hydrogen) atoms. The zero-order valence-corrected chi connectivity index (χ0v) is 10.4. The number of alkyl halides is 3. The van der Waals surface area contributed by atoms with Crippen molar-refractivity contribution in [3.8, 4) is 0 Å². The molecule has 0 bridgehead atoms. The number of pyridine rings is 1. The summed E-state index contributed by atoms with van der Waals surface area (Å²) < 4.78 is 37.5. The number of aliphatic hydroxyl groups excluding tert-OH is 1. The van der Waals surface area contributed by atoms with Crippen LogP contribution in [0.3, 0.4) is 0 Å². The lowest BCUT2D eigenvalue weighted by Crippen LogP contribution is -2.37. The first-order valence-corrected chi connectivity index (χ1v) is 5.95. The Labute approximate surface area is 112 Å². The van der Waals surface area contributed by atoms with Crippen molar-refractivity contribution in [3.05, 3.63) is 40.7 Å². The van der Waals surface area contributed by atoms with E-state index in [1.54, 1.807) is 24.3 Å². The zero-order chi connectivity index (χ0) is 14.8. The Balaban J connectivity index is 2.45. The summed E-state index contributed by atoms with van der Waals surface area (Å²) in [4.78, 5) is 15.2. The SMILES string of the molecule is O=c1[nH]c(N(CCO)CC(F)(F)F)cc2ccccc12. The molecule has 108 valence electrons. The maximum Gasteiger partial charge on any atom is 0.405 e. The van der Waals surface area contributed by atoms with Gasteiger partial charge in [-0.3, -0.25) is 4.79 Å². The van der Waals surface area contributed by atoms with E-state index in [1.807, 2.05) is 0 Å². The lowest BCUT2D eigenvalue weighted by Gasteiger charge is -2.24. The van der Waals surface area contributed by atoms with Crippen LogP contribution in [0.15, 0.2) is 35.1 Å². The fourth-order valence-electron chi connectivity index (χ4n) is 1.99. The topological polar surface area (TPSA) is 56.3 Å². The minimum Gasteiger partial charge on any atom is -0.395 e. The van der Waals surface area contributed by atoms with Gasteiger partial charge in [0.1, 0.15) is 12.4 Å². The molecule has 0 aliphatic heterocycles. The number of anilines is 1. The molecule has 1 aromatic carbocycles. The van der Waals surface area contributed by atoms with Crippen LogP contribution in [0.5, 0.6) is 0 Å². The number of hydrogen-bond donors (Lipinski definition) is 2. The Morgan fingerprint density at radius 1 is 1.25 bits per heavy atom. The monoisotopic (exact) mass is 286 g/mol. The van der Waals surface area contributed by atoms with Crippen molar-refractivity contribution in [2.75, 3.05) is 24.6 Å². The minimum atomic E-state index is -4.42. The van der Waals surface area contributed by atoms with E-state index < -0.39 is 24.9 Å². The van der Waals surface area contributed by atoms with Crippen LogP contribution >= 0.6 is 0 Å². The first kappa shape index (κ1) is 14.4. The Bertz CT molecular complexity index is 652. The number of nitrogens with one attached hydrogen (secondary N) is 1. The predicted octanol–water partition coefficient (Wildman–Crippen LogP) is 1.89. The van der Waals surface area contributed by atoms with Gasteiger partial charge in [0.25, 0.3) is 5.56 Å². The van der Waals surface area contributed by atoms with E-state index in [2.05, 4.69) is 4.98 Å². The molecular weight excluding hydrogens is 273 g/mol. The van der Waals surface area contributed by atoms with Crippen molar-refractivity contribution in [2.45, 2.75) is 6.18 Å². The average Bonchev–Trinajstić information content (AvgIpc) is 2.37. The molecule has 2 rings (SSSR count). The molecule has 0 spiro atoms. The van der Waals surface area contributed by atoms with Gasteiger partial charge in [0, 0.05) is 11.9 Å². The van der Waals surface area contributed by atoms with Gasteiger partial charge in [0.2, 0.25) is 0 Å². The van der Waals surface area contributed by atoms with Gasteiger partial charge in [0.05, 0.1) is 6.61 Å². The van der Waals surface area contributed by atoms with E-state index in [1.165, 1.54) is 6.07 Å². The van der Waals surface area contributed by atoms with Crippen LogP contribution in [-0.2, 0) is 0 Å². The number of nitrogens with zero attached hydrogens (tertiary/aromatic N) is 1. The summed E-state index contributed by atoms with van der Waals surface area (Å²) in [5.74, 6) is 0.0417. The molecule has 2 N–H and O–H groups in total. The van der Waals surface area contributed by atoms with Crippen LogP contribution in [0.1, 0.15) is 0 Å². The third-order valence-corrected chi connectivity index (χ3v) is 2.82. The largest absolute Gasteiger partial charge is 0.405 e. The van der Waals surface area contributed by atoms with Crippen molar-refractivity contribution < 1.29 is 18.3 Å². The van der Waals surface area contributed by atoms with Crippen LogP contribution in [0.25, 0.3) is 10.8 Å². The average molecular weight is 286 g/mol. The summed E-state index contributed by atoms with van der Waals surface area (Å²) in [5, 5.41) is 9.84. The van der Waals surface area contributed by atoms with Crippen LogP contribution in [0.2, 0.25) is 0 Å². The van der Waals surface area contributed by atoms with E-state index in [4.69, 9.17) is 5.11 Å². The second kappa shape index (κ2) is 5.54. The van der Waals surface area contributed by atoms with Gasteiger partial charge >= 0.3 is 6.18 Å². The van der Waals surface area contributed by atoms with E-state index in [0.717, 1.165) is 4.90 Å². The molecule has 1 aromatic heterocycles. The number of aliphatic hydroxyl groups is 1. The molecule has 0 radical (unpaired) electrons. The van der Waals surface area contributed by atoms with E-state index >= 15 is 0 Å². The molecule has 0 saturated heterocycles. The third kappa shape index (κ3) is 3.30. The highest BCUT2D eigenvalue weighted by Crippen LogP contribution is 2.22. The highest BCUT2D eigenvalue weighted by Gasteiger charge is 2.31. The van der Waals surface area contributed by atoms with Crippen LogP contribution < -0.4 is 10.5 Å². The predicted molar refractivity (Wildman–Crippen MR) is 69.9 cm³/mol. The van der Waals surface area contributed by atoms with Crippen molar-refractivity contribution in [1.29, 1.82) is 0 Å². The van der Waals surface area contributed by atoms with E-state index in [0.29, 0.717) is 10.8 Å². The lowest BCUT2D eigenvalue weighted by molar-refractivity contribution is -0.120. The Kier molecular flexibility index (Phi) is 3.99. The summed E-state index contributed by atoms with van der Waals surface area (Å²) in [6.45, 7) is -1.89. The van der Waals surface area contributed by atoms with Crippen LogP contribution in [-0.4, -0.2) is 36.0 Å². The minimum absolute atomic E-state index is 0.0417. The number of H-pyrrole nitrogens is 1. The molecule has 0 unspecified atom stereocenters. The number of aromatic amines is 1. The Morgan fingerprint density at radius 2 is 1.95 bits per heavy atom. The van der Waals surface area contributed by atoms with Gasteiger partial charge in [-0.15, -0.1) is 0 Å². The third-order valence-electron chi connectivity index (χ3n) is 2.82. The van der Waals surface area contributed by atoms with Crippen molar-refractivity contribution >= 4 is 16.6 Å². The van der Waals surface area contributed by atoms with Gasteiger partial charge in [-0.1, -0.05) is 18.2 Å². The van der Waals surface area contributed by atoms with Gasteiger partial charge in [-0.25, -0.2) is 0 Å². The fraction of sp³-hybridized carbons (Fsp3) is 0.308. The molecule has 0 saturated carbocycles. The summed E-state index contributed by atoms with van der Waals surface area (Å²) in [6, 6.07) is 8.10. The second-order valence-electron chi connectivity index (χ2n) is 4.33. The second-order valence-corrected chi connectivity index (χ2v) is 4.33. The molecule has 4 nitrogen and oxygen atoms in total. The zero-order valence-electron chi connectivity index (χ0n) is 10.4. The summed E-state index contributed by atoms with van der Waals surface area (Å²) >= 11 is 0. The maximum atomic E-state index is 12.5. The molecule has 1 heterocycles. The van der Waals surface area contributed by atoms with E-state index in [-0.39, 0.29) is 12.4 Å². The van der Waals surface area contributed by atoms with Crippen molar-refractivity contribution in [1.82, 2.24) is 4.98 Å². The van der Waals surface area contributed by atoms with Crippen LogP contribution in [0, 0.1) is 0 Å². The first-order chi connectivity index (χ1) is 9.40. The number of fused-ring (bicyclic) bond motifs is 1. The molecule has 7 heteroatoms. The van der Waals surface area contributed by atoms with Gasteiger partial charge in [0.15, 0.2) is 0 Å². The summed E-state index contributed by atoms with van der Waals surface area (Å²) in [6.07, 6.45) is -4.42. The van der Waals surface area contributed by atoms with Crippen LogP contribution in [0.4, 0.5) is 19.0 Å². The Morgan fingerprint density at radius 3 is 2.60 bits per heavy atom. The molecule has 0 amide bonds. The maximum absolute atomic E-state index is 12.5. The number of halogens is 3. The van der Waals surface area contributed by atoms with Gasteiger partial charge in [-0.2, -0.15) is 13.2 Å². The molecule has 0 atom stereocenters. The van der Waals surface area contributed by atoms with Gasteiger partial charge in [-0.05, 0) is 17.5 Å². The molecule has 0 aliphatic rings. The summed E-state index contributed by atoms with van der Waals surface area (Å²) in [5.41, 5.74) is -0.455. The Hall–Kier alpha value is -2.02. The quantitative estimate of drug-likeness (QED) is 0.902. The fourth-order valence-corrected chi connectivity index (χ4v) is 1.99. The molecule has 2 aromatic rings. The number of aromatic nitrogens is 1. The van der Waals surface area contributed by atoms with Crippen molar-refractivity contribution in [2.24, 2.45) is 0 Å². The standard InChI is InChI=1S/C13H13F3N2O2/c14-13(15,16)8-18(5-6-19)11-7-9-3-1-2-4-10(9)12(20)17-11/h1-4,7,19H,5-6,8H2,(H,17,20). The number of benzene rings is 1. The highest BCUT2D eigenvalue weighted by molar-refractivity contribution is 5.83.